The maximum absolute atomic E-state index is 12.5. The van der Waals surface area contributed by atoms with Gasteiger partial charge in [0.1, 0.15) is 5.75 Å². The third-order valence-electron chi connectivity index (χ3n) is 4.85. The second kappa shape index (κ2) is 10.6. The van der Waals surface area contributed by atoms with E-state index in [1.165, 1.54) is 0 Å². The van der Waals surface area contributed by atoms with Gasteiger partial charge in [-0.3, -0.25) is 10.1 Å². The summed E-state index contributed by atoms with van der Waals surface area (Å²) >= 11 is 11.8. The Morgan fingerprint density at radius 1 is 1.17 bits per heavy atom. The van der Waals surface area contributed by atoms with Crippen LogP contribution in [0.3, 0.4) is 0 Å². The molecule has 1 aliphatic heterocycles. The molecule has 0 aliphatic carbocycles. The maximum atomic E-state index is 12.5. The summed E-state index contributed by atoms with van der Waals surface area (Å²) in [5.74, 6) is 0.365. The van der Waals surface area contributed by atoms with Crippen molar-refractivity contribution in [3.05, 3.63) is 53.1 Å². The molecular formula is C22H27ClN4O2S. The minimum atomic E-state index is -0.297. The van der Waals surface area contributed by atoms with Gasteiger partial charge in [-0.2, -0.15) is 0 Å². The Balaban J connectivity index is 1.58. The van der Waals surface area contributed by atoms with Gasteiger partial charge in [-0.25, -0.2) is 0 Å². The number of hydrogen-bond donors (Lipinski definition) is 2. The molecule has 0 spiro atoms. The molecular weight excluding hydrogens is 420 g/mol. The van der Waals surface area contributed by atoms with Crippen LogP contribution in [0.5, 0.6) is 5.75 Å². The number of anilines is 2. The molecule has 0 atom stereocenters. The highest BCUT2D eigenvalue weighted by molar-refractivity contribution is 7.80. The number of hydrogen-bond acceptors (Lipinski definition) is 5. The first-order valence-corrected chi connectivity index (χ1v) is 10.8. The van der Waals surface area contributed by atoms with Crippen LogP contribution in [0.2, 0.25) is 5.02 Å². The number of carbonyl (C=O) groups is 1. The van der Waals surface area contributed by atoms with E-state index >= 15 is 0 Å². The van der Waals surface area contributed by atoms with Gasteiger partial charge < -0.3 is 19.9 Å². The number of rotatable bonds is 6. The molecule has 6 nitrogen and oxygen atoms in total. The molecule has 1 fully saturated rings. The molecule has 0 aromatic heterocycles. The number of carbonyl (C=O) groups excluding carboxylic acids is 1. The molecule has 3 rings (SSSR count). The molecule has 0 radical (unpaired) electrons. The molecule has 0 unspecified atom stereocenters. The van der Waals surface area contributed by atoms with Crippen molar-refractivity contribution in [1.82, 2.24) is 10.2 Å². The summed E-state index contributed by atoms with van der Waals surface area (Å²) in [4.78, 5) is 17.1. The Hall–Kier alpha value is -2.35. The van der Waals surface area contributed by atoms with E-state index in [9.17, 15) is 4.79 Å². The standard InChI is InChI=1S/C22H27ClN4O2S/c1-3-13-29-18-6-4-5-16(14-18)21(28)25-22(30)24-17-7-8-20(19(23)15-17)27-11-9-26(2)10-12-27/h4-8,14-15H,3,9-13H2,1-2H3,(H2,24,25,28,30). The molecule has 30 heavy (non-hydrogen) atoms. The van der Waals surface area contributed by atoms with Crippen LogP contribution < -0.4 is 20.3 Å². The Kier molecular flexibility index (Phi) is 7.90. The highest BCUT2D eigenvalue weighted by atomic mass is 35.5. The molecule has 0 bridgehead atoms. The minimum absolute atomic E-state index is 0.211. The van der Waals surface area contributed by atoms with Crippen LogP contribution in [0.4, 0.5) is 11.4 Å². The van der Waals surface area contributed by atoms with Gasteiger partial charge >= 0.3 is 0 Å². The van der Waals surface area contributed by atoms with Crippen molar-refractivity contribution in [2.45, 2.75) is 13.3 Å². The number of likely N-dealkylation sites (N-methyl/N-ethyl adjacent to an activating group) is 1. The lowest BCUT2D eigenvalue weighted by Gasteiger charge is -2.34. The number of nitrogens with zero attached hydrogens (tertiary/aromatic N) is 2. The largest absolute Gasteiger partial charge is 0.494 e. The maximum Gasteiger partial charge on any atom is 0.257 e. The molecule has 2 aromatic rings. The molecule has 0 saturated carbocycles. The van der Waals surface area contributed by atoms with Gasteiger partial charge in [0, 0.05) is 37.4 Å². The second-order valence-electron chi connectivity index (χ2n) is 7.24. The number of piperazine rings is 1. The molecule has 1 amide bonds. The Bertz CT molecular complexity index is 900. The van der Waals surface area contributed by atoms with Crippen LogP contribution in [-0.2, 0) is 0 Å². The van der Waals surface area contributed by atoms with Gasteiger partial charge in [-0.05, 0) is 62.1 Å². The summed E-state index contributed by atoms with van der Waals surface area (Å²) in [6.07, 6.45) is 0.903. The van der Waals surface area contributed by atoms with Gasteiger partial charge in [0.15, 0.2) is 5.11 Å². The SMILES string of the molecule is CCCOc1cccc(C(=O)NC(=S)Nc2ccc(N3CCN(C)CC3)c(Cl)c2)c1. The summed E-state index contributed by atoms with van der Waals surface area (Å²) in [5.41, 5.74) is 2.22. The smallest absolute Gasteiger partial charge is 0.257 e. The normalized spacial score (nSPS) is 14.3. The van der Waals surface area contributed by atoms with E-state index in [-0.39, 0.29) is 11.0 Å². The van der Waals surface area contributed by atoms with Crippen molar-refractivity contribution >= 4 is 46.2 Å². The van der Waals surface area contributed by atoms with E-state index in [2.05, 4.69) is 27.5 Å². The lowest BCUT2D eigenvalue weighted by atomic mass is 10.2. The van der Waals surface area contributed by atoms with Crippen LogP contribution in [0, 0.1) is 0 Å². The van der Waals surface area contributed by atoms with E-state index < -0.39 is 0 Å². The zero-order valence-electron chi connectivity index (χ0n) is 17.3. The van der Waals surface area contributed by atoms with Gasteiger partial charge in [-0.15, -0.1) is 0 Å². The number of nitrogens with one attached hydrogen (secondary N) is 2. The molecule has 1 heterocycles. The van der Waals surface area contributed by atoms with Gasteiger partial charge in [0.05, 0.1) is 17.3 Å². The summed E-state index contributed by atoms with van der Waals surface area (Å²) in [7, 11) is 2.12. The fourth-order valence-electron chi connectivity index (χ4n) is 3.17. The van der Waals surface area contributed by atoms with Crippen molar-refractivity contribution in [2.24, 2.45) is 0 Å². The van der Waals surface area contributed by atoms with Crippen LogP contribution in [0.15, 0.2) is 42.5 Å². The number of thiocarbonyl (C=S) groups is 1. The summed E-state index contributed by atoms with van der Waals surface area (Å²) < 4.78 is 5.58. The van der Waals surface area contributed by atoms with E-state index in [0.29, 0.717) is 22.9 Å². The van der Waals surface area contributed by atoms with Crippen molar-refractivity contribution in [3.8, 4) is 5.75 Å². The zero-order chi connectivity index (χ0) is 21.5. The first kappa shape index (κ1) is 22.3. The zero-order valence-corrected chi connectivity index (χ0v) is 18.9. The summed E-state index contributed by atoms with van der Waals surface area (Å²) in [5, 5.41) is 6.59. The molecule has 160 valence electrons. The molecule has 2 N–H and O–H groups in total. The van der Waals surface area contributed by atoms with Crippen molar-refractivity contribution in [3.63, 3.8) is 0 Å². The second-order valence-corrected chi connectivity index (χ2v) is 8.06. The van der Waals surface area contributed by atoms with Crippen molar-refractivity contribution in [1.29, 1.82) is 0 Å². The number of halogens is 1. The topological polar surface area (TPSA) is 56.8 Å². The Labute approximate surface area is 188 Å². The van der Waals surface area contributed by atoms with E-state index in [1.807, 2.05) is 31.2 Å². The van der Waals surface area contributed by atoms with E-state index in [4.69, 9.17) is 28.6 Å². The summed E-state index contributed by atoms with van der Waals surface area (Å²) in [6.45, 7) is 6.55. The van der Waals surface area contributed by atoms with Crippen molar-refractivity contribution in [2.75, 3.05) is 50.1 Å². The number of ether oxygens (including phenoxy) is 1. The van der Waals surface area contributed by atoms with Crippen LogP contribution in [-0.4, -0.2) is 55.8 Å². The fraction of sp³-hybridized carbons (Fsp3) is 0.364. The molecule has 1 aliphatic rings. The van der Waals surface area contributed by atoms with Gasteiger partial charge in [0.25, 0.3) is 5.91 Å². The van der Waals surface area contributed by atoms with Crippen LogP contribution in [0.25, 0.3) is 0 Å². The average Bonchev–Trinajstić information content (AvgIpc) is 2.73. The van der Waals surface area contributed by atoms with Crippen molar-refractivity contribution < 1.29 is 9.53 Å². The van der Waals surface area contributed by atoms with Gasteiger partial charge in [-0.1, -0.05) is 24.6 Å². The predicted octanol–water partition coefficient (Wildman–Crippen LogP) is 4.01. The quantitative estimate of drug-likeness (QED) is 0.654. The van der Waals surface area contributed by atoms with Crippen LogP contribution >= 0.6 is 23.8 Å². The fourth-order valence-corrected chi connectivity index (χ4v) is 3.68. The van der Waals surface area contributed by atoms with Crippen LogP contribution in [0.1, 0.15) is 23.7 Å². The van der Waals surface area contributed by atoms with E-state index in [1.54, 1.807) is 18.2 Å². The Morgan fingerprint density at radius 3 is 2.63 bits per heavy atom. The highest BCUT2D eigenvalue weighted by Gasteiger charge is 2.17. The minimum Gasteiger partial charge on any atom is -0.494 e. The average molecular weight is 447 g/mol. The third kappa shape index (κ3) is 6.08. The highest BCUT2D eigenvalue weighted by Crippen LogP contribution is 2.29. The lowest BCUT2D eigenvalue weighted by molar-refractivity contribution is 0.0977. The number of amides is 1. The first-order valence-electron chi connectivity index (χ1n) is 10.0. The third-order valence-corrected chi connectivity index (χ3v) is 5.35. The lowest BCUT2D eigenvalue weighted by Crippen LogP contribution is -2.44. The first-order chi connectivity index (χ1) is 14.5. The predicted molar refractivity (Wildman–Crippen MR) is 127 cm³/mol. The van der Waals surface area contributed by atoms with Gasteiger partial charge in [0.2, 0.25) is 0 Å². The van der Waals surface area contributed by atoms with E-state index in [0.717, 1.165) is 44.0 Å². The monoisotopic (exact) mass is 446 g/mol. The molecule has 1 saturated heterocycles. The Morgan fingerprint density at radius 2 is 1.93 bits per heavy atom. The summed E-state index contributed by atoms with van der Waals surface area (Å²) in [6, 6.07) is 12.8. The molecule has 8 heteroatoms. The number of benzene rings is 2. The molecule has 2 aromatic carbocycles.